The lowest BCUT2D eigenvalue weighted by atomic mass is 9.99. The quantitative estimate of drug-likeness (QED) is 0.814. The number of sulfonamides is 1. The van der Waals surface area contributed by atoms with Crippen LogP contribution in [-0.4, -0.2) is 37.3 Å². The number of aryl methyl sites for hydroxylation is 1. The van der Waals surface area contributed by atoms with Crippen molar-refractivity contribution in [1.82, 2.24) is 14.6 Å². The minimum absolute atomic E-state index is 0.00771. The molecule has 2 aromatic rings. The molecule has 1 aromatic carbocycles. The number of aromatic nitrogens is 1. The molecule has 1 aliphatic heterocycles. The third-order valence-electron chi connectivity index (χ3n) is 4.67. The van der Waals surface area contributed by atoms with Crippen molar-refractivity contribution in [2.45, 2.75) is 38.1 Å². The van der Waals surface area contributed by atoms with Crippen molar-refractivity contribution in [1.29, 1.82) is 0 Å². The van der Waals surface area contributed by atoms with Crippen molar-refractivity contribution < 1.29 is 26.4 Å². The number of hydrogen-bond acceptors (Lipinski definition) is 5. The summed E-state index contributed by atoms with van der Waals surface area (Å²) in [5.41, 5.74) is 0.139. The molecular formula is C18H21F2N3O4S. The predicted octanol–water partition coefficient (Wildman–Crippen LogP) is 2.61. The first-order valence-corrected chi connectivity index (χ1v) is 10.4. The van der Waals surface area contributed by atoms with Crippen molar-refractivity contribution in [2.75, 3.05) is 13.1 Å². The van der Waals surface area contributed by atoms with Crippen LogP contribution in [0.2, 0.25) is 0 Å². The van der Waals surface area contributed by atoms with Crippen molar-refractivity contribution in [2.24, 2.45) is 5.92 Å². The molecule has 1 saturated heterocycles. The number of carbonyl (C=O) groups is 1. The molecule has 1 amide bonds. The molecule has 1 aromatic heterocycles. The number of rotatable bonds is 5. The summed E-state index contributed by atoms with van der Waals surface area (Å²) >= 11 is 0. The number of hydrogen-bond donors (Lipinski definition) is 1. The normalized spacial score (nSPS) is 15.8. The van der Waals surface area contributed by atoms with E-state index in [1.54, 1.807) is 11.8 Å². The number of amides is 1. The van der Waals surface area contributed by atoms with Crippen LogP contribution in [-0.2, 0) is 16.6 Å². The summed E-state index contributed by atoms with van der Waals surface area (Å²) in [4.78, 5) is 17.9. The largest absolute Gasteiger partial charge is 0.444 e. The van der Waals surface area contributed by atoms with Gasteiger partial charge >= 0.3 is 0 Å². The van der Waals surface area contributed by atoms with Crippen LogP contribution in [0.5, 0.6) is 0 Å². The topological polar surface area (TPSA) is 92.5 Å². The first kappa shape index (κ1) is 20.4. The van der Waals surface area contributed by atoms with Gasteiger partial charge in [-0.15, -0.1) is 0 Å². The maximum Gasteiger partial charge on any atom is 0.276 e. The molecule has 1 fully saturated rings. The molecule has 0 saturated carbocycles. The van der Waals surface area contributed by atoms with Crippen LogP contribution in [0, 0.1) is 24.5 Å². The Hall–Kier alpha value is -2.33. The maximum absolute atomic E-state index is 13.3. The van der Waals surface area contributed by atoms with E-state index in [4.69, 9.17) is 4.42 Å². The third kappa shape index (κ3) is 4.56. The molecule has 0 radical (unpaired) electrons. The molecule has 0 spiro atoms. The van der Waals surface area contributed by atoms with Gasteiger partial charge in [0.1, 0.15) is 17.4 Å². The molecule has 0 aliphatic carbocycles. The van der Waals surface area contributed by atoms with E-state index in [2.05, 4.69) is 16.6 Å². The van der Waals surface area contributed by atoms with Gasteiger partial charge in [-0.3, -0.25) is 4.79 Å². The van der Waals surface area contributed by atoms with Crippen LogP contribution in [0.4, 0.5) is 8.78 Å². The zero-order chi connectivity index (χ0) is 20.5. The average molecular weight is 413 g/mol. The third-order valence-corrected chi connectivity index (χ3v) is 6.05. The highest BCUT2D eigenvalue weighted by molar-refractivity contribution is 7.89. The second kappa shape index (κ2) is 7.96. The van der Waals surface area contributed by atoms with Crippen molar-refractivity contribution in [3.63, 3.8) is 0 Å². The molecule has 0 unspecified atom stereocenters. The fraction of sp³-hybridized carbons (Fsp3) is 0.444. The van der Waals surface area contributed by atoms with Crippen molar-refractivity contribution in [3.8, 4) is 0 Å². The fourth-order valence-electron chi connectivity index (χ4n) is 3.01. The SMILES string of the molecule is Cc1oc(CNS(=O)(=O)c2cc(F)cc(F)c2)nc1C(=O)N1CCC(C)CC1. The predicted molar refractivity (Wildman–Crippen MR) is 95.9 cm³/mol. The molecule has 3 rings (SSSR count). The molecule has 152 valence electrons. The monoisotopic (exact) mass is 413 g/mol. The molecule has 0 atom stereocenters. The van der Waals surface area contributed by atoms with Gasteiger partial charge in [-0.1, -0.05) is 6.92 Å². The zero-order valence-electron chi connectivity index (χ0n) is 15.5. The van der Waals surface area contributed by atoms with E-state index in [1.807, 2.05) is 0 Å². The van der Waals surface area contributed by atoms with Crippen LogP contribution in [0.1, 0.15) is 41.9 Å². The van der Waals surface area contributed by atoms with Crippen LogP contribution in [0.3, 0.4) is 0 Å². The van der Waals surface area contributed by atoms with E-state index in [1.165, 1.54) is 0 Å². The second-order valence-corrected chi connectivity index (χ2v) is 8.68. The van der Waals surface area contributed by atoms with Crippen molar-refractivity contribution in [3.05, 3.63) is 47.2 Å². The number of likely N-dealkylation sites (tertiary alicyclic amines) is 1. The zero-order valence-corrected chi connectivity index (χ0v) is 16.4. The standard InChI is InChI=1S/C18H21F2N3O4S/c1-11-3-5-23(6-4-11)18(24)17-12(2)27-16(22-17)10-21-28(25,26)15-8-13(19)7-14(20)9-15/h7-9,11,21H,3-6,10H2,1-2H3. The van der Waals surface area contributed by atoms with Crippen molar-refractivity contribution >= 4 is 15.9 Å². The maximum atomic E-state index is 13.3. The Labute approximate surface area is 161 Å². The lowest BCUT2D eigenvalue weighted by Crippen LogP contribution is -2.38. The van der Waals surface area contributed by atoms with Crippen LogP contribution >= 0.6 is 0 Å². The number of halogens is 2. The average Bonchev–Trinajstić information content (AvgIpc) is 3.00. The Kier molecular flexibility index (Phi) is 5.80. The van der Waals surface area contributed by atoms with E-state index in [0.29, 0.717) is 37.2 Å². The Morgan fingerprint density at radius 3 is 2.46 bits per heavy atom. The number of nitrogens with zero attached hydrogens (tertiary/aromatic N) is 2. The molecule has 10 heteroatoms. The highest BCUT2D eigenvalue weighted by Gasteiger charge is 2.26. The first-order chi connectivity index (χ1) is 13.2. The Balaban J connectivity index is 1.70. The fourth-order valence-corrected chi connectivity index (χ4v) is 4.03. The Morgan fingerprint density at radius 1 is 1.25 bits per heavy atom. The molecule has 7 nitrogen and oxygen atoms in total. The van der Waals surface area contributed by atoms with Crippen LogP contribution < -0.4 is 4.72 Å². The van der Waals surface area contributed by atoms with E-state index >= 15 is 0 Å². The molecule has 1 N–H and O–H groups in total. The lowest BCUT2D eigenvalue weighted by molar-refractivity contribution is 0.0690. The summed E-state index contributed by atoms with van der Waals surface area (Å²) < 4.78 is 58.5. The minimum atomic E-state index is -4.18. The molecular weight excluding hydrogens is 392 g/mol. The molecule has 28 heavy (non-hydrogen) atoms. The summed E-state index contributed by atoms with van der Waals surface area (Å²) in [6, 6.07) is 1.99. The van der Waals surface area contributed by atoms with E-state index in [-0.39, 0.29) is 29.8 Å². The summed E-state index contributed by atoms with van der Waals surface area (Å²) in [5, 5.41) is 0. The van der Waals surface area contributed by atoms with E-state index in [9.17, 15) is 22.0 Å². The highest BCUT2D eigenvalue weighted by atomic mass is 32.2. The lowest BCUT2D eigenvalue weighted by Gasteiger charge is -2.29. The van der Waals surface area contributed by atoms with Crippen LogP contribution in [0.15, 0.2) is 27.5 Å². The molecule has 2 heterocycles. The number of piperidine rings is 1. The first-order valence-electron chi connectivity index (χ1n) is 8.87. The van der Waals surface area contributed by atoms with Gasteiger partial charge in [-0.05, 0) is 37.8 Å². The van der Waals surface area contributed by atoms with E-state index in [0.717, 1.165) is 12.8 Å². The van der Waals surface area contributed by atoms with Crippen LogP contribution in [0.25, 0.3) is 0 Å². The van der Waals surface area contributed by atoms with Gasteiger partial charge in [-0.25, -0.2) is 26.9 Å². The van der Waals surface area contributed by atoms with Gasteiger partial charge in [0.15, 0.2) is 5.69 Å². The second-order valence-electron chi connectivity index (χ2n) is 6.92. The van der Waals surface area contributed by atoms with Gasteiger partial charge in [0.25, 0.3) is 5.91 Å². The van der Waals surface area contributed by atoms with Gasteiger partial charge < -0.3 is 9.32 Å². The summed E-state index contributed by atoms with van der Waals surface area (Å²) in [6.45, 7) is 4.63. The minimum Gasteiger partial charge on any atom is -0.444 e. The Morgan fingerprint density at radius 2 is 1.86 bits per heavy atom. The molecule has 1 aliphatic rings. The van der Waals surface area contributed by atoms with E-state index < -0.39 is 26.6 Å². The smallest absolute Gasteiger partial charge is 0.276 e. The summed E-state index contributed by atoms with van der Waals surface area (Å²) in [6.07, 6.45) is 1.83. The molecule has 0 bridgehead atoms. The van der Waals surface area contributed by atoms with Gasteiger partial charge in [-0.2, -0.15) is 0 Å². The number of benzene rings is 1. The van der Waals surface area contributed by atoms with Gasteiger partial charge in [0.2, 0.25) is 15.9 Å². The van der Waals surface area contributed by atoms with Gasteiger partial charge in [0, 0.05) is 19.2 Å². The number of carbonyl (C=O) groups excluding carboxylic acids is 1. The number of nitrogens with one attached hydrogen (secondary N) is 1. The summed E-state index contributed by atoms with van der Waals surface area (Å²) in [7, 11) is -4.18. The van der Waals surface area contributed by atoms with Gasteiger partial charge in [0.05, 0.1) is 11.4 Å². The highest BCUT2D eigenvalue weighted by Crippen LogP contribution is 2.20. The number of oxazole rings is 1. The Bertz CT molecular complexity index is 962. The summed E-state index contributed by atoms with van der Waals surface area (Å²) in [5.74, 6) is -1.41.